The van der Waals surface area contributed by atoms with Crippen LogP contribution in [-0.2, 0) is 9.53 Å². The van der Waals surface area contributed by atoms with Gasteiger partial charge in [0.2, 0.25) is 0 Å². The van der Waals surface area contributed by atoms with Crippen LogP contribution in [0.2, 0.25) is 0 Å². The van der Waals surface area contributed by atoms with Crippen LogP contribution < -0.4 is 0 Å². The standard InChI is InChI=1S/C4H6Cl2O2/c1-8-4(7)3(6)2-5/h3H,2H2,1H3/t3-/m1/s1. The second-order valence-corrected chi connectivity index (χ2v) is 1.98. The van der Waals surface area contributed by atoms with Crippen molar-refractivity contribution < 1.29 is 9.53 Å². The summed E-state index contributed by atoms with van der Waals surface area (Å²) in [6.07, 6.45) is 0. The normalized spacial score (nSPS) is 12.9. The Bertz CT molecular complexity index is 84.1. The van der Waals surface area contributed by atoms with Crippen molar-refractivity contribution >= 4 is 29.2 Å². The van der Waals surface area contributed by atoms with Crippen LogP contribution in [0.25, 0.3) is 0 Å². The molecule has 0 aliphatic heterocycles. The van der Waals surface area contributed by atoms with Crippen LogP contribution in [-0.4, -0.2) is 24.3 Å². The first kappa shape index (κ1) is 8.05. The number of rotatable bonds is 2. The maximum absolute atomic E-state index is 10.3. The van der Waals surface area contributed by atoms with Crippen LogP contribution in [0.3, 0.4) is 0 Å². The molecule has 0 saturated carbocycles. The molecule has 0 aliphatic carbocycles. The Labute approximate surface area is 57.7 Å². The smallest absolute Gasteiger partial charge is 0.325 e. The van der Waals surface area contributed by atoms with Gasteiger partial charge in [-0.15, -0.1) is 23.2 Å². The summed E-state index contributed by atoms with van der Waals surface area (Å²) in [5, 5.41) is -0.707. The summed E-state index contributed by atoms with van der Waals surface area (Å²) in [5.41, 5.74) is 0. The van der Waals surface area contributed by atoms with Gasteiger partial charge in [0.05, 0.1) is 7.11 Å². The minimum atomic E-state index is -0.707. The highest BCUT2D eigenvalue weighted by Gasteiger charge is 2.12. The predicted octanol–water partition coefficient (Wildman–Crippen LogP) is 1.01. The van der Waals surface area contributed by atoms with Gasteiger partial charge in [0.25, 0.3) is 0 Å². The molecule has 4 heteroatoms. The molecular weight excluding hydrogens is 151 g/mol. The second-order valence-electron chi connectivity index (χ2n) is 1.14. The van der Waals surface area contributed by atoms with Gasteiger partial charge in [0.1, 0.15) is 5.38 Å². The zero-order valence-electron chi connectivity index (χ0n) is 4.36. The molecule has 0 aromatic heterocycles. The number of halogens is 2. The van der Waals surface area contributed by atoms with Crippen LogP contribution in [0.1, 0.15) is 0 Å². The van der Waals surface area contributed by atoms with Gasteiger partial charge in [-0.3, -0.25) is 4.79 Å². The molecule has 48 valence electrons. The fourth-order valence-corrected chi connectivity index (χ4v) is 0.406. The Morgan fingerprint density at radius 3 is 2.50 bits per heavy atom. The van der Waals surface area contributed by atoms with E-state index >= 15 is 0 Å². The topological polar surface area (TPSA) is 26.3 Å². The van der Waals surface area contributed by atoms with Gasteiger partial charge in [-0.1, -0.05) is 0 Å². The molecule has 1 atom stereocenters. The first-order valence-electron chi connectivity index (χ1n) is 2.00. The Morgan fingerprint density at radius 2 is 2.38 bits per heavy atom. The molecule has 0 amide bonds. The Kier molecular flexibility index (Phi) is 4.01. The van der Waals surface area contributed by atoms with Crippen molar-refractivity contribution in [2.75, 3.05) is 13.0 Å². The summed E-state index contributed by atoms with van der Waals surface area (Å²) in [5.74, 6) is -0.393. The van der Waals surface area contributed by atoms with Gasteiger partial charge in [-0.05, 0) is 0 Å². The van der Waals surface area contributed by atoms with Crippen molar-refractivity contribution in [3.05, 3.63) is 0 Å². The van der Waals surface area contributed by atoms with E-state index in [-0.39, 0.29) is 5.88 Å². The number of carbonyl (C=O) groups excluding carboxylic acids is 1. The highest BCUT2D eigenvalue weighted by atomic mass is 35.5. The second kappa shape index (κ2) is 3.98. The summed E-state index contributed by atoms with van der Waals surface area (Å²) in [6, 6.07) is 0. The Morgan fingerprint density at radius 1 is 1.88 bits per heavy atom. The number of hydrogen-bond acceptors (Lipinski definition) is 2. The summed E-state index contributed by atoms with van der Waals surface area (Å²) in [4.78, 5) is 10.3. The van der Waals surface area contributed by atoms with Gasteiger partial charge >= 0.3 is 5.97 Å². The number of carbonyl (C=O) groups is 1. The molecule has 0 aromatic carbocycles. The molecule has 2 nitrogen and oxygen atoms in total. The number of esters is 1. The van der Waals surface area contributed by atoms with Crippen LogP contribution in [0.5, 0.6) is 0 Å². The molecule has 0 rings (SSSR count). The third-order valence-corrected chi connectivity index (χ3v) is 1.39. The van der Waals surface area contributed by atoms with E-state index < -0.39 is 11.3 Å². The van der Waals surface area contributed by atoms with Crippen LogP contribution >= 0.6 is 23.2 Å². The molecule has 0 unspecified atom stereocenters. The lowest BCUT2D eigenvalue weighted by Crippen LogP contribution is -2.16. The number of alkyl halides is 2. The molecule has 0 aromatic rings. The number of hydrogen-bond donors (Lipinski definition) is 0. The highest BCUT2D eigenvalue weighted by molar-refractivity contribution is 6.35. The van der Waals surface area contributed by atoms with Gasteiger partial charge < -0.3 is 4.74 Å². The molecule has 8 heavy (non-hydrogen) atoms. The highest BCUT2D eigenvalue weighted by Crippen LogP contribution is 1.99. The Balaban J connectivity index is 3.46. The number of ether oxygens (including phenoxy) is 1. The van der Waals surface area contributed by atoms with Gasteiger partial charge in [0.15, 0.2) is 0 Å². The monoisotopic (exact) mass is 156 g/mol. The Hall–Kier alpha value is 0.0500. The van der Waals surface area contributed by atoms with Crippen LogP contribution in [0, 0.1) is 0 Å². The third-order valence-electron chi connectivity index (χ3n) is 0.592. The summed E-state index contributed by atoms with van der Waals surface area (Å²) < 4.78 is 4.25. The minimum Gasteiger partial charge on any atom is -0.468 e. The minimum absolute atomic E-state index is 0.0915. The van der Waals surface area contributed by atoms with Crippen LogP contribution in [0.4, 0.5) is 0 Å². The van der Waals surface area contributed by atoms with E-state index in [9.17, 15) is 4.79 Å². The van der Waals surface area contributed by atoms with Gasteiger partial charge in [0, 0.05) is 5.88 Å². The average molecular weight is 157 g/mol. The average Bonchev–Trinajstić information content (AvgIpc) is 1.84. The van der Waals surface area contributed by atoms with Gasteiger partial charge in [-0.25, -0.2) is 0 Å². The summed E-state index contributed by atoms with van der Waals surface area (Å²) in [7, 11) is 1.27. The summed E-state index contributed by atoms with van der Waals surface area (Å²) >= 11 is 10.5. The van der Waals surface area contributed by atoms with Crippen molar-refractivity contribution in [1.82, 2.24) is 0 Å². The van der Waals surface area contributed by atoms with E-state index in [2.05, 4.69) is 4.74 Å². The third kappa shape index (κ3) is 2.38. The first-order chi connectivity index (χ1) is 3.72. The van der Waals surface area contributed by atoms with Crippen LogP contribution in [0.15, 0.2) is 0 Å². The van der Waals surface area contributed by atoms with Crippen molar-refractivity contribution in [3.8, 4) is 0 Å². The summed E-state index contributed by atoms with van der Waals surface area (Å²) in [6.45, 7) is 0. The largest absolute Gasteiger partial charge is 0.468 e. The molecular formula is C4H6Cl2O2. The van der Waals surface area contributed by atoms with Crippen molar-refractivity contribution in [2.45, 2.75) is 5.38 Å². The van der Waals surface area contributed by atoms with E-state index in [1.54, 1.807) is 0 Å². The maximum Gasteiger partial charge on any atom is 0.325 e. The van der Waals surface area contributed by atoms with Gasteiger partial charge in [-0.2, -0.15) is 0 Å². The molecule has 0 heterocycles. The maximum atomic E-state index is 10.3. The first-order valence-corrected chi connectivity index (χ1v) is 2.97. The zero-order chi connectivity index (χ0) is 6.57. The van der Waals surface area contributed by atoms with Crippen molar-refractivity contribution in [3.63, 3.8) is 0 Å². The lowest BCUT2D eigenvalue weighted by Gasteiger charge is -1.99. The molecule has 0 N–H and O–H groups in total. The van der Waals surface area contributed by atoms with E-state index in [0.717, 1.165) is 0 Å². The molecule has 0 bridgehead atoms. The van der Waals surface area contributed by atoms with Crippen molar-refractivity contribution in [1.29, 1.82) is 0 Å². The lowest BCUT2D eigenvalue weighted by molar-refractivity contribution is -0.139. The molecule has 0 radical (unpaired) electrons. The fraction of sp³-hybridized carbons (Fsp3) is 0.750. The lowest BCUT2D eigenvalue weighted by atomic mass is 10.5. The molecule has 0 spiro atoms. The van der Waals surface area contributed by atoms with E-state index in [0.29, 0.717) is 0 Å². The molecule has 0 saturated heterocycles. The molecule has 0 fully saturated rings. The molecule has 0 aliphatic rings. The van der Waals surface area contributed by atoms with E-state index in [1.807, 2.05) is 0 Å². The zero-order valence-corrected chi connectivity index (χ0v) is 5.87. The number of methoxy groups -OCH3 is 1. The fourth-order valence-electron chi connectivity index (χ4n) is 0.191. The predicted molar refractivity (Wildman–Crippen MR) is 32.4 cm³/mol. The quantitative estimate of drug-likeness (QED) is 0.441. The SMILES string of the molecule is COC(=O)[C@H](Cl)CCl. The van der Waals surface area contributed by atoms with E-state index in [4.69, 9.17) is 23.2 Å². The van der Waals surface area contributed by atoms with E-state index in [1.165, 1.54) is 7.11 Å². The van der Waals surface area contributed by atoms with Crippen molar-refractivity contribution in [2.24, 2.45) is 0 Å².